The molecule has 0 radical (unpaired) electrons. The Balaban J connectivity index is 1.99. The van der Waals surface area contributed by atoms with Crippen LogP contribution in [-0.2, 0) is 6.42 Å². The average Bonchev–Trinajstić information content (AvgIpc) is 2.28. The van der Waals surface area contributed by atoms with Crippen molar-refractivity contribution >= 4 is 11.6 Å². The topological polar surface area (TPSA) is 15.3 Å². The zero-order valence-electron chi connectivity index (χ0n) is 8.67. The van der Waals surface area contributed by atoms with Gasteiger partial charge in [0.25, 0.3) is 0 Å². The number of benzene rings is 1. The Hall–Kier alpha value is -0.570. The van der Waals surface area contributed by atoms with Crippen molar-refractivity contribution in [2.45, 2.75) is 12.5 Å². The van der Waals surface area contributed by atoms with Crippen molar-refractivity contribution in [3.05, 3.63) is 34.3 Å². The predicted molar refractivity (Wildman–Crippen MR) is 62.3 cm³/mol. The fourth-order valence-electron chi connectivity index (χ4n) is 2.70. The van der Waals surface area contributed by atoms with Crippen LogP contribution in [0.4, 0.5) is 0 Å². The normalized spacial score (nSPS) is 25.8. The monoisotopic (exact) mass is 222 g/mol. The molecule has 0 aliphatic carbocycles. The van der Waals surface area contributed by atoms with Gasteiger partial charge >= 0.3 is 0 Å². The second-order valence-corrected chi connectivity index (χ2v) is 4.79. The van der Waals surface area contributed by atoms with E-state index >= 15 is 0 Å². The maximum absolute atomic E-state index is 6.02. The molecule has 80 valence electrons. The van der Waals surface area contributed by atoms with Crippen LogP contribution in [0.15, 0.2) is 18.2 Å². The molecule has 0 aromatic heterocycles. The van der Waals surface area contributed by atoms with Crippen LogP contribution in [0.1, 0.15) is 17.2 Å². The molecule has 3 heteroatoms. The van der Waals surface area contributed by atoms with E-state index in [1.807, 2.05) is 6.07 Å². The van der Waals surface area contributed by atoms with Crippen LogP contribution in [-0.4, -0.2) is 31.1 Å². The van der Waals surface area contributed by atoms with E-state index in [1.165, 1.54) is 24.2 Å². The van der Waals surface area contributed by atoms with Gasteiger partial charge in [0.15, 0.2) is 0 Å². The van der Waals surface area contributed by atoms with E-state index in [1.54, 1.807) is 0 Å². The Bertz CT molecular complexity index is 378. The molecule has 1 aromatic rings. The average molecular weight is 223 g/mol. The van der Waals surface area contributed by atoms with Crippen LogP contribution in [0.5, 0.6) is 0 Å². The summed E-state index contributed by atoms with van der Waals surface area (Å²) in [6.45, 7) is 4.56. The largest absolute Gasteiger partial charge is 0.314 e. The van der Waals surface area contributed by atoms with E-state index in [-0.39, 0.29) is 0 Å². The van der Waals surface area contributed by atoms with Crippen LogP contribution in [0.25, 0.3) is 0 Å². The molecule has 0 amide bonds. The van der Waals surface area contributed by atoms with Gasteiger partial charge in [-0.05, 0) is 29.7 Å². The second-order valence-electron chi connectivity index (χ2n) is 4.35. The van der Waals surface area contributed by atoms with Crippen LogP contribution in [0.2, 0.25) is 5.02 Å². The summed E-state index contributed by atoms with van der Waals surface area (Å²) < 4.78 is 0. The number of fused-ring (bicyclic) bond motifs is 3. The number of hydrogen-bond acceptors (Lipinski definition) is 2. The Labute approximate surface area is 95.2 Å². The van der Waals surface area contributed by atoms with Gasteiger partial charge in [0, 0.05) is 37.2 Å². The number of rotatable bonds is 0. The predicted octanol–water partition coefficient (Wildman–Crippen LogP) is 1.84. The third-order valence-corrected chi connectivity index (χ3v) is 3.72. The number of nitrogens with one attached hydrogen (secondary N) is 1. The Morgan fingerprint density at radius 2 is 2.27 bits per heavy atom. The highest BCUT2D eigenvalue weighted by molar-refractivity contribution is 6.30. The first-order chi connectivity index (χ1) is 7.34. The van der Waals surface area contributed by atoms with E-state index in [4.69, 9.17) is 11.6 Å². The van der Waals surface area contributed by atoms with Crippen molar-refractivity contribution in [3.63, 3.8) is 0 Å². The summed E-state index contributed by atoms with van der Waals surface area (Å²) in [6, 6.07) is 6.91. The molecule has 1 fully saturated rings. The number of nitrogens with zero attached hydrogens (tertiary/aromatic N) is 1. The lowest BCUT2D eigenvalue weighted by Crippen LogP contribution is -2.48. The molecule has 1 atom stereocenters. The van der Waals surface area contributed by atoms with E-state index in [0.717, 1.165) is 24.5 Å². The molecule has 2 aliphatic rings. The first-order valence-electron chi connectivity index (χ1n) is 5.58. The van der Waals surface area contributed by atoms with Gasteiger partial charge in [-0.25, -0.2) is 0 Å². The zero-order chi connectivity index (χ0) is 10.3. The molecule has 15 heavy (non-hydrogen) atoms. The van der Waals surface area contributed by atoms with Gasteiger partial charge in [-0.3, -0.25) is 4.90 Å². The first kappa shape index (κ1) is 9.64. The first-order valence-corrected chi connectivity index (χ1v) is 5.95. The highest BCUT2D eigenvalue weighted by Crippen LogP contribution is 2.31. The van der Waals surface area contributed by atoms with Crippen LogP contribution in [0.3, 0.4) is 0 Å². The minimum atomic E-state index is 0.569. The third-order valence-electron chi connectivity index (χ3n) is 3.49. The van der Waals surface area contributed by atoms with Gasteiger partial charge < -0.3 is 5.32 Å². The van der Waals surface area contributed by atoms with Crippen molar-refractivity contribution in [2.75, 3.05) is 26.2 Å². The van der Waals surface area contributed by atoms with E-state index in [9.17, 15) is 0 Å². The SMILES string of the molecule is Clc1ccc2c(c1)CCN1CCNC[C@H]21. The summed E-state index contributed by atoms with van der Waals surface area (Å²) in [5, 5.41) is 4.33. The Morgan fingerprint density at radius 3 is 3.20 bits per heavy atom. The molecular weight excluding hydrogens is 208 g/mol. The highest BCUT2D eigenvalue weighted by Gasteiger charge is 2.28. The zero-order valence-corrected chi connectivity index (χ0v) is 9.43. The number of halogens is 1. The maximum Gasteiger partial charge on any atom is 0.0476 e. The molecule has 0 spiro atoms. The Kier molecular flexibility index (Phi) is 2.43. The molecule has 2 heterocycles. The van der Waals surface area contributed by atoms with Crippen molar-refractivity contribution in [1.82, 2.24) is 10.2 Å². The van der Waals surface area contributed by atoms with Gasteiger partial charge in [-0.15, -0.1) is 0 Å². The van der Waals surface area contributed by atoms with Gasteiger partial charge in [0.2, 0.25) is 0 Å². The fourth-order valence-corrected chi connectivity index (χ4v) is 2.90. The standard InChI is InChI=1S/C12H15ClN2/c13-10-1-2-11-9(7-10)3-5-15-6-4-14-8-12(11)15/h1-2,7,12,14H,3-6,8H2/t12-/m1/s1. The second kappa shape index (κ2) is 3.78. The van der Waals surface area contributed by atoms with E-state index < -0.39 is 0 Å². The molecule has 0 saturated carbocycles. The lowest BCUT2D eigenvalue weighted by atomic mass is 9.91. The van der Waals surface area contributed by atoms with Crippen molar-refractivity contribution in [3.8, 4) is 0 Å². The van der Waals surface area contributed by atoms with Crippen molar-refractivity contribution in [1.29, 1.82) is 0 Å². The summed E-state index contributed by atoms with van der Waals surface area (Å²) in [6.07, 6.45) is 1.15. The molecule has 1 aromatic carbocycles. The molecular formula is C12H15ClN2. The fraction of sp³-hybridized carbons (Fsp3) is 0.500. The Morgan fingerprint density at radius 1 is 1.33 bits per heavy atom. The lowest BCUT2D eigenvalue weighted by molar-refractivity contribution is 0.152. The molecule has 1 N–H and O–H groups in total. The smallest absolute Gasteiger partial charge is 0.0476 e. The number of hydrogen-bond donors (Lipinski definition) is 1. The lowest BCUT2D eigenvalue weighted by Gasteiger charge is -2.40. The molecule has 2 nitrogen and oxygen atoms in total. The van der Waals surface area contributed by atoms with Crippen molar-refractivity contribution < 1.29 is 0 Å². The van der Waals surface area contributed by atoms with Crippen LogP contribution < -0.4 is 5.32 Å². The van der Waals surface area contributed by atoms with Gasteiger partial charge in [0.05, 0.1) is 0 Å². The van der Waals surface area contributed by atoms with E-state index in [0.29, 0.717) is 6.04 Å². The summed E-state index contributed by atoms with van der Waals surface area (Å²) >= 11 is 6.02. The summed E-state index contributed by atoms with van der Waals surface area (Å²) in [5.41, 5.74) is 2.91. The van der Waals surface area contributed by atoms with Crippen LogP contribution >= 0.6 is 11.6 Å². The molecule has 2 aliphatic heterocycles. The minimum Gasteiger partial charge on any atom is -0.314 e. The summed E-state index contributed by atoms with van der Waals surface area (Å²) in [5.74, 6) is 0. The quantitative estimate of drug-likeness (QED) is 0.721. The summed E-state index contributed by atoms with van der Waals surface area (Å²) in [7, 11) is 0. The molecule has 0 unspecified atom stereocenters. The van der Waals surface area contributed by atoms with Gasteiger partial charge in [-0.1, -0.05) is 17.7 Å². The van der Waals surface area contributed by atoms with Crippen molar-refractivity contribution in [2.24, 2.45) is 0 Å². The molecule has 1 saturated heterocycles. The molecule has 3 rings (SSSR count). The van der Waals surface area contributed by atoms with Crippen LogP contribution in [0, 0.1) is 0 Å². The molecule has 0 bridgehead atoms. The van der Waals surface area contributed by atoms with E-state index in [2.05, 4.69) is 22.3 Å². The highest BCUT2D eigenvalue weighted by atomic mass is 35.5. The van der Waals surface area contributed by atoms with Gasteiger partial charge in [-0.2, -0.15) is 0 Å². The summed E-state index contributed by atoms with van der Waals surface area (Å²) in [4.78, 5) is 2.58. The maximum atomic E-state index is 6.02. The van der Waals surface area contributed by atoms with Gasteiger partial charge in [0.1, 0.15) is 0 Å². The third kappa shape index (κ3) is 1.67. The number of piperazine rings is 1. The minimum absolute atomic E-state index is 0.569.